The summed E-state index contributed by atoms with van der Waals surface area (Å²) in [6.45, 7) is 1.25. The van der Waals surface area contributed by atoms with Gasteiger partial charge in [-0.2, -0.15) is 10.4 Å². The topological polar surface area (TPSA) is 120 Å². The summed E-state index contributed by atoms with van der Waals surface area (Å²) < 4.78 is 5.35. The fourth-order valence-corrected chi connectivity index (χ4v) is 3.14. The normalized spacial score (nSPS) is 16.9. The van der Waals surface area contributed by atoms with Gasteiger partial charge < -0.3 is 15.0 Å². The molecule has 1 saturated heterocycles. The number of nitriles is 1. The van der Waals surface area contributed by atoms with Gasteiger partial charge in [0.05, 0.1) is 36.2 Å². The Bertz CT molecular complexity index is 977. The molecule has 126 valence electrons. The Morgan fingerprint density at radius 3 is 3.28 bits per heavy atom. The molecule has 3 aromatic heterocycles. The number of pyridine rings is 1. The van der Waals surface area contributed by atoms with Crippen molar-refractivity contribution >= 4 is 33.7 Å². The molecular weight excluding hydrogens is 322 g/mol. The summed E-state index contributed by atoms with van der Waals surface area (Å²) in [7, 11) is 0. The van der Waals surface area contributed by atoms with Crippen LogP contribution in [0.1, 0.15) is 6.42 Å². The number of nitrogens with zero attached hydrogens (tertiary/aromatic N) is 5. The molecule has 1 amide bonds. The first-order chi connectivity index (χ1) is 12.3. The minimum Gasteiger partial charge on any atom is -0.444 e. The van der Waals surface area contributed by atoms with Crippen LogP contribution in [0.5, 0.6) is 0 Å². The highest BCUT2D eigenvalue weighted by Gasteiger charge is 2.27. The summed E-state index contributed by atoms with van der Waals surface area (Å²) in [6, 6.07) is 3.78. The van der Waals surface area contributed by atoms with Crippen molar-refractivity contribution in [1.29, 1.82) is 5.26 Å². The van der Waals surface area contributed by atoms with Crippen LogP contribution >= 0.6 is 0 Å². The Kier molecular flexibility index (Phi) is 3.78. The van der Waals surface area contributed by atoms with Crippen molar-refractivity contribution in [2.24, 2.45) is 0 Å². The van der Waals surface area contributed by atoms with Crippen molar-refractivity contribution in [3.05, 3.63) is 24.7 Å². The SMILES string of the molecule is N#CCNC(=O)OC1CCN(c2cn[nH]c3cnc4nccc4c23)C1. The molecule has 1 atom stereocenters. The number of nitrogens with one attached hydrogen (secondary N) is 2. The van der Waals surface area contributed by atoms with Gasteiger partial charge in [-0.1, -0.05) is 0 Å². The fraction of sp³-hybridized carbons (Fsp3) is 0.312. The average Bonchev–Trinajstić information content (AvgIpc) is 3.28. The average molecular weight is 337 g/mol. The Morgan fingerprint density at radius 1 is 1.48 bits per heavy atom. The van der Waals surface area contributed by atoms with Gasteiger partial charge in [0.1, 0.15) is 12.6 Å². The number of hydrogen-bond acceptors (Lipinski definition) is 7. The molecule has 0 bridgehead atoms. The number of amides is 1. The summed E-state index contributed by atoms with van der Waals surface area (Å²) in [5, 5.41) is 20.0. The number of hydrogen-bond donors (Lipinski definition) is 2. The molecule has 9 nitrogen and oxygen atoms in total. The first-order valence-electron chi connectivity index (χ1n) is 7.89. The predicted octanol–water partition coefficient (Wildman–Crippen LogP) is 1.33. The Balaban J connectivity index is 1.60. The lowest BCUT2D eigenvalue weighted by atomic mass is 10.1. The zero-order valence-corrected chi connectivity index (χ0v) is 13.3. The van der Waals surface area contributed by atoms with Crippen molar-refractivity contribution in [1.82, 2.24) is 25.5 Å². The van der Waals surface area contributed by atoms with E-state index in [-0.39, 0.29) is 12.6 Å². The van der Waals surface area contributed by atoms with Crippen LogP contribution in [-0.2, 0) is 4.74 Å². The molecular formula is C16H15N7O2. The first-order valence-corrected chi connectivity index (χ1v) is 7.89. The molecule has 25 heavy (non-hydrogen) atoms. The van der Waals surface area contributed by atoms with Crippen molar-refractivity contribution in [2.45, 2.75) is 12.5 Å². The van der Waals surface area contributed by atoms with Crippen molar-refractivity contribution in [3.63, 3.8) is 0 Å². The maximum absolute atomic E-state index is 11.6. The van der Waals surface area contributed by atoms with Gasteiger partial charge in [0, 0.05) is 29.9 Å². The van der Waals surface area contributed by atoms with E-state index in [1.807, 2.05) is 12.1 Å². The van der Waals surface area contributed by atoms with Crippen LogP contribution in [0.3, 0.4) is 0 Å². The number of rotatable bonds is 3. The van der Waals surface area contributed by atoms with Crippen LogP contribution in [-0.4, -0.2) is 52.0 Å². The molecule has 1 fully saturated rings. The third kappa shape index (κ3) is 2.78. The number of aromatic amines is 1. The third-order valence-corrected chi connectivity index (χ3v) is 4.23. The zero-order valence-electron chi connectivity index (χ0n) is 13.3. The lowest BCUT2D eigenvalue weighted by molar-refractivity contribution is 0.109. The standard InChI is InChI=1S/C16H15N7O2/c17-3-5-19-16(24)25-10-2-6-23(9-10)13-8-21-22-12-7-20-15-11(14(12)13)1-4-18-15/h1,4,7-8,10,22H,2,5-6,9H2,(H,19,24). The van der Waals surface area contributed by atoms with E-state index in [1.165, 1.54) is 0 Å². The van der Waals surface area contributed by atoms with E-state index >= 15 is 0 Å². The monoisotopic (exact) mass is 337 g/mol. The largest absolute Gasteiger partial charge is 0.444 e. The highest BCUT2D eigenvalue weighted by atomic mass is 16.6. The molecule has 4 heterocycles. The highest BCUT2D eigenvalue weighted by Crippen LogP contribution is 2.32. The zero-order chi connectivity index (χ0) is 17.2. The molecule has 0 aliphatic carbocycles. The molecule has 1 unspecified atom stereocenters. The molecule has 9 heteroatoms. The van der Waals surface area contributed by atoms with Crippen LogP contribution in [0, 0.1) is 11.3 Å². The Hall–Kier alpha value is -3.41. The number of carbonyl (C=O) groups is 1. The van der Waals surface area contributed by atoms with Gasteiger partial charge in [0.2, 0.25) is 0 Å². The van der Waals surface area contributed by atoms with E-state index in [0.717, 1.165) is 28.5 Å². The summed E-state index contributed by atoms with van der Waals surface area (Å²) in [5.41, 5.74) is 2.48. The number of anilines is 1. The van der Waals surface area contributed by atoms with Gasteiger partial charge in [0.25, 0.3) is 0 Å². The minimum atomic E-state index is -0.565. The fourth-order valence-electron chi connectivity index (χ4n) is 3.14. The van der Waals surface area contributed by atoms with E-state index < -0.39 is 6.09 Å². The van der Waals surface area contributed by atoms with Crippen molar-refractivity contribution in [2.75, 3.05) is 24.5 Å². The van der Waals surface area contributed by atoms with Gasteiger partial charge in [-0.15, -0.1) is 0 Å². The van der Waals surface area contributed by atoms with E-state index in [1.54, 1.807) is 18.6 Å². The van der Waals surface area contributed by atoms with Gasteiger partial charge in [-0.3, -0.25) is 5.10 Å². The second-order valence-corrected chi connectivity index (χ2v) is 5.76. The summed E-state index contributed by atoms with van der Waals surface area (Å²) in [4.78, 5) is 22.3. The first kappa shape index (κ1) is 15.1. The predicted molar refractivity (Wildman–Crippen MR) is 89.9 cm³/mol. The Labute approximate surface area is 142 Å². The molecule has 1 aliphatic rings. The van der Waals surface area contributed by atoms with E-state index in [0.29, 0.717) is 18.6 Å². The summed E-state index contributed by atoms with van der Waals surface area (Å²) >= 11 is 0. The third-order valence-electron chi connectivity index (χ3n) is 4.23. The number of H-pyrrole nitrogens is 1. The molecule has 0 radical (unpaired) electrons. The Morgan fingerprint density at radius 2 is 2.40 bits per heavy atom. The highest BCUT2D eigenvalue weighted by molar-refractivity contribution is 6.09. The maximum atomic E-state index is 11.6. The number of carbonyl (C=O) groups excluding carboxylic acids is 1. The quantitative estimate of drug-likeness (QED) is 0.692. The van der Waals surface area contributed by atoms with Gasteiger partial charge in [-0.05, 0) is 6.07 Å². The van der Waals surface area contributed by atoms with Crippen LogP contribution in [0.4, 0.5) is 10.5 Å². The van der Waals surface area contributed by atoms with Crippen molar-refractivity contribution < 1.29 is 9.53 Å². The van der Waals surface area contributed by atoms with Gasteiger partial charge in [-0.25, -0.2) is 14.8 Å². The van der Waals surface area contributed by atoms with Crippen LogP contribution in [0.25, 0.3) is 21.9 Å². The molecule has 0 aromatic carbocycles. The molecule has 3 aromatic rings. The molecule has 0 spiro atoms. The molecule has 4 rings (SSSR count). The van der Waals surface area contributed by atoms with Gasteiger partial charge >= 0.3 is 6.09 Å². The van der Waals surface area contributed by atoms with Crippen LogP contribution in [0.2, 0.25) is 0 Å². The number of ether oxygens (including phenoxy) is 1. The number of alkyl carbamates (subject to hydrolysis) is 1. The van der Waals surface area contributed by atoms with E-state index in [9.17, 15) is 4.79 Å². The van der Waals surface area contributed by atoms with Crippen molar-refractivity contribution in [3.8, 4) is 6.07 Å². The van der Waals surface area contributed by atoms with Crippen LogP contribution in [0.15, 0.2) is 24.7 Å². The smallest absolute Gasteiger partial charge is 0.408 e. The van der Waals surface area contributed by atoms with E-state index in [2.05, 4.69) is 30.4 Å². The van der Waals surface area contributed by atoms with Crippen LogP contribution < -0.4 is 10.2 Å². The molecule has 2 N–H and O–H groups in total. The second-order valence-electron chi connectivity index (χ2n) is 5.76. The van der Waals surface area contributed by atoms with E-state index in [4.69, 9.17) is 10.00 Å². The number of aromatic nitrogens is 4. The molecule has 1 aliphatic heterocycles. The maximum Gasteiger partial charge on any atom is 0.408 e. The molecule has 0 saturated carbocycles. The minimum absolute atomic E-state index is 0.0622. The second kappa shape index (κ2) is 6.24. The lowest BCUT2D eigenvalue weighted by Crippen LogP contribution is -2.31. The number of fused-ring (bicyclic) bond motifs is 3. The summed E-state index contributed by atoms with van der Waals surface area (Å²) in [6.07, 6.45) is 5.15. The summed E-state index contributed by atoms with van der Waals surface area (Å²) in [5.74, 6) is 0. The van der Waals surface area contributed by atoms with Gasteiger partial charge in [0.15, 0.2) is 5.65 Å². The lowest BCUT2D eigenvalue weighted by Gasteiger charge is -2.20.